The van der Waals surface area contributed by atoms with Gasteiger partial charge in [-0.15, -0.1) is 0 Å². The Kier molecular flexibility index (Phi) is 6.94. The molecular formula is C13H18N2O2S. The van der Waals surface area contributed by atoms with Gasteiger partial charge in [0.05, 0.1) is 19.6 Å². The van der Waals surface area contributed by atoms with E-state index in [1.165, 1.54) is 11.8 Å². The molecule has 5 heteroatoms. The summed E-state index contributed by atoms with van der Waals surface area (Å²) in [6, 6.07) is 9.81. The molecule has 0 aliphatic heterocycles. The van der Waals surface area contributed by atoms with Gasteiger partial charge < -0.3 is 10.1 Å². The number of anilines is 1. The quantitative estimate of drug-likeness (QED) is 0.506. The van der Waals surface area contributed by atoms with Crippen LogP contribution in [0, 0.1) is 0 Å². The molecule has 0 saturated carbocycles. The van der Waals surface area contributed by atoms with E-state index >= 15 is 0 Å². The van der Waals surface area contributed by atoms with Crippen LogP contribution in [0.5, 0.6) is 0 Å². The van der Waals surface area contributed by atoms with Gasteiger partial charge in [0.25, 0.3) is 0 Å². The van der Waals surface area contributed by atoms with Crippen molar-refractivity contribution >= 4 is 28.6 Å². The summed E-state index contributed by atoms with van der Waals surface area (Å²) in [7, 11) is 0. The molecule has 1 aromatic carbocycles. The summed E-state index contributed by atoms with van der Waals surface area (Å²) in [6.45, 7) is 2.65. The molecule has 0 radical (unpaired) electrons. The molecule has 0 fully saturated rings. The zero-order valence-corrected chi connectivity index (χ0v) is 11.5. The third-order valence-electron chi connectivity index (χ3n) is 2.10. The molecule has 18 heavy (non-hydrogen) atoms. The summed E-state index contributed by atoms with van der Waals surface area (Å²) in [5.74, 6) is -0.207. The number of hydrogen-bond acceptors (Lipinski definition) is 4. The highest BCUT2D eigenvalue weighted by Gasteiger charge is 2.01. The molecule has 0 atom stereocenters. The molecule has 0 aliphatic rings. The lowest BCUT2D eigenvalue weighted by atomic mass is 10.3. The van der Waals surface area contributed by atoms with Crippen LogP contribution in [-0.2, 0) is 9.53 Å². The number of rotatable bonds is 5. The van der Waals surface area contributed by atoms with E-state index in [2.05, 4.69) is 10.3 Å². The number of amidine groups is 1. The average Bonchev–Trinajstić information content (AvgIpc) is 2.39. The van der Waals surface area contributed by atoms with Crippen molar-refractivity contribution in [2.45, 2.75) is 13.3 Å². The molecule has 0 aliphatic carbocycles. The molecule has 0 amide bonds. The number of esters is 1. The van der Waals surface area contributed by atoms with Crippen molar-refractivity contribution in [2.24, 2.45) is 4.99 Å². The Hall–Kier alpha value is -1.49. The zero-order chi connectivity index (χ0) is 13.2. The van der Waals surface area contributed by atoms with Gasteiger partial charge in [0.2, 0.25) is 0 Å². The van der Waals surface area contributed by atoms with Crippen molar-refractivity contribution < 1.29 is 9.53 Å². The van der Waals surface area contributed by atoms with Gasteiger partial charge in [0.1, 0.15) is 0 Å². The highest BCUT2D eigenvalue weighted by atomic mass is 32.2. The van der Waals surface area contributed by atoms with Crippen LogP contribution in [-0.4, -0.2) is 30.5 Å². The zero-order valence-electron chi connectivity index (χ0n) is 10.7. The number of benzene rings is 1. The maximum Gasteiger partial charge on any atom is 0.307 e. The predicted octanol–water partition coefficient (Wildman–Crippen LogP) is 2.77. The summed E-state index contributed by atoms with van der Waals surface area (Å²) in [5.41, 5.74) is 0.988. The number of ether oxygens (including phenoxy) is 1. The molecule has 0 aromatic heterocycles. The number of thioether (sulfide) groups is 1. The molecule has 1 rings (SSSR count). The van der Waals surface area contributed by atoms with Crippen LogP contribution in [0.3, 0.4) is 0 Å². The van der Waals surface area contributed by atoms with Crippen LogP contribution in [0.4, 0.5) is 5.69 Å². The molecule has 98 valence electrons. The minimum atomic E-state index is -0.207. The second kappa shape index (κ2) is 8.58. The molecule has 0 bridgehead atoms. The van der Waals surface area contributed by atoms with Gasteiger partial charge in [-0.25, -0.2) is 0 Å². The minimum Gasteiger partial charge on any atom is -0.466 e. The Balaban J connectivity index is 2.43. The fourth-order valence-corrected chi connectivity index (χ4v) is 1.72. The molecule has 4 nitrogen and oxygen atoms in total. The van der Waals surface area contributed by atoms with Gasteiger partial charge in [0, 0.05) is 5.69 Å². The van der Waals surface area contributed by atoms with Gasteiger partial charge in [0.15, 0.2) is 5.17 Å². The Bertz CT molecular complexity index is 393. The average molecular weight is 266 g/mol. The smallest absolute Gasteiger partial charge is 0.307 e. The van der Waals surface area contributed by atoms with E-state index in [0.29, 0.717) is 19.6 Å². The second-order valence-corrected chi connectivity index (χ2v) is 4.23. The maximum atomic E-state index is 11.2. The number of para-hydroxylation sites is 1. The van der Waals surface area contributed by atoms with E-state index < -0.39 is 0 Å². The van der Waals surface area contributed by atoms with Crippen LogP contribution in [0.25, 0.3) is 0 Å². The van der Waals surface area contributed by atoms with Crippen molar-refractivity contribution in [3.63, 3.8) is 0 Å². The largest absolute Gasteiger partial charge is 0.466 e. The number of nitrogens with zero attached hydrogens (tertiary/aromatic N) is 1. The summed E-state index contributed by atoms with van der Waals surface area (Å²) >= 11 is 1.52. The van der Waals surface area contributed by atoms with E-state index in [1.807, 2.05) is 36.6 Å². The van der Waals surface area contributed by atoms with Crippen molar-refractivity contribution in [3.05, 3.63) is 30.3 Å². The third kappa shape index (κ3) is 5.72. The molecular weight excluding hydrogens is 248 g/mol. The molecule has 0 saturated heterocycles. The number of nitrogens with one attached hydrogen (secondary N) is 1. The molecule has 0 unspecified atom stereocenters. The van der Waals surface area contributed by atoms with E-state index in [4.69, 9.17) is 4.74 Å². The Morgan fingerprint density at radius 2 is 2.11 bits per heavy atom. The van der Waals surface area contributed by atoms with Crippen molar-refractivity contribution in [1.82, 2.24) is 0 Å². The van der Waals surface area contributed by atoms with Crippen LogP contribution in [0.15, 0.2) is 35.3 Å². The number of hydrogen-bond donors (Lipinski definition) is 1. The summed E-state index contributed by atoms with van der Waals surface area (Å²) in [5, 5.41) is 3.99. The van der Waals surface area contributed by atoms with Crippen molar-refractivity contribution in [2.75, 3.05) is 24.7 Å². The Labute approximate surface area is 112 Å². The van der Waals surface area contributed by atoms with Crippen LogP contribution < -0.4 is 5.32 Å². The van der Waals surface area contributed by atoms with E-state index in [0.717, 1.165) is 10.9 Å². The van der Waals surface area contributed by atoms with Crippen molar-refractivity contribution in [3.8, 4) is 0 Å². The van der Waals surface area contributed by atoms with Crippen LogP contribution in [0.1, 0.15) is 13.3 Å². The van der Waals surface area contributed by atoms with Gasteiger partial charge in [-0.3, -0.25) is 9.79 Å². The highest BCUT2D eigenvalue weighted by molar-refractivity contribution is 8.13. The fraction of sp³-hybridized carbons (Fsp3) is 0.385. The summed E-state index contributed by atoms with van der Waals surface area (Å²) in [4.78, 5) is 15.5. The van der Waals surface area contributed by atoms with E-state index in [1.54, 1.807) is 6.92 Å². The summed E-state index contributed by atoms with van der Waals surface area (Å²) in [6.07, 6.45) is 2.26. The lowest BCUT2D eigenvalue weighted by molar-refractivity contribution is -0.142. The topological polar surface area (TPSA) is 50.7 Å². The first-order valence-electron chi connectivity index (χ1n) is 5.82. The summed E-state index contributed by atoms with van der Waals surface area (Å²) < 4.78 is 4.84. The second-order valence-electron chi connectivity index (χ2n) is 3.44. The SMILES string of the molecule is CCOC(=O)CCN=C(Nc1ccccc1)SC. The molecule has 1 aromatic rings. The van der Waals surface area contributed by atoms with E-state index in [-0.39, 0.29) is 5.97 Å². The normalized spacial score (nSPS) is 11.1. The third-order valence-corrected chi connectivity index (χ3v) is 2.71. The van der Waals surface area contributed by atoms with Gasteiger partial charge in [-0.05, 0) is 25.3 Å². The number of carbonyl (C=O) groups is 1. The standard InChI is InChI=1S/C13H18N2O2S/c1-3-17-12(16)9-10-14-13(18-2)15-11-7-5-4-6-8-11/h4-8H,3,9-10H2,1-2H3,(H,14,15). The van der Waals surface area contributed by atoms with Crippen molar-refractivity contribution in [1.29, 1.82) is 0 Å². The molecule has 0 spiro atoms. The first kappa shape index (κ1) is 14.6. The minimum absolute atomic E-state index is 0.207. The van der Waals surface area contributed by atoms with Crippen LogP contribution in [0.2, 0.25) is 0 Å². The van der Waals surface area contributed by atoms with E-state index in [9.17, 15) is 4.79 Å². The first-order chi connectivity index (χ1) is 8.76. The molecule has 1 N–H and O–H groups in total. The first-order valence-corrected chi connectivity index (χ1v) is 7.05. The molecule has 0 heterocycles. The lowest BCUT2D eigenvalue weighted by Gasteiger charge is -2.07. The maximum absolute atomic E-state index is 11.2. The number of aliphatic imine (C=N–C) groups is 1. The van der Waals surface area contributed by atoms with Gasteiger partial charge in [-0.2, -0.15) is 0 Å². The fourth-order valence-electron chi connectivity index (χ4n) is 1.28. The Morgan fingerprint density at radius 3 is 2.72 bits per heavy atom. The lowest BCUT2D eigenvalue weighted by Crippen LogP contribution is -2.10. The number of carbonyl (C=O) groups excluding carboxylic acids is 1. The van der Waals surface area contributed by atoms with Crippen LogP contribution >= 0.6 is 11.8 Å². The Morgan fingerprint density at radius 1 is 1.39 bits per heavy atom. The van der Waals surface area contributed by atoms with Gasteiger partial charge >= 0.3 is 5.97 Å². The monoisotopic (exact) mass is 266 g/mol. The van der Waals surface area contributed by atoms with Gasteiger partial charge in [-0.1, -0.05) is 30.0 Å². The predicted molar refractivity (Wildman–Crippen MR) is 77.1 cm³/mol. The highest BCUT2D eigenvalue weighted by Crippen LogP contribution is 2.09.